The normalized spacial score (nSPS) is 38.3. The van der Waals surface area contributed by atoms with Crippen molar-refractivity contribution in [2.75, 3.05) is 0 Å². The van der Waals surface area contributed by atoms with Gasteiger partial charge < -0.3 is 10.1 Å². The minimum Gasteiger partial charge on any atom is -0.446 e. The van der Waals surface area contributed by atoms with Crippen LogP contribution in [0.3, 0.4) is 0 Å². The van der Waals surface area contributed by atoms with Gasteiger partial charge in [0.25, 0.3) is 5.91 Å². The van der Waals surface area contributed by atoms with Gasteiger partial charge in [0.1, 0.15) is 0 Å². The molecule has 4 bridgehead atoms. The number of amides is 1. The second kappa shape index (κ2) is 5.85. The third-order valence-electron chi connectivity index (χ3n) is 8.42. The third-order valence-corrected chi connectivity index (χ3v) is 8.42. The van der Waals surface area contributed by atoms with Crippen LogP contribution in [0, 0.1) is 34.0 Å². The Kier molecular flexibility index (Phi) is 4.21. The van der Waals surface area contributed by atoms with Gasteiger partial charge in [0.2, 0.25) is 5.60 Å². The molecule has 0 saturated heterocycles. The topological polar surface area (TPSA) is 72.5 Å². The van der Waals surface area contributed by atoms with Gasteiger partial charge in [-0.05, 0) is 105 Å². The fraction of sp³-hybridized carbons (Fsp3) is 0.875. The van der Waals surface area contributed by atoms with Crippen molar-refractivity contribution in [2.45, 2.75) is 98.1 Å². The molecule has 5 rings (SSSR count). The van der Waals surface area contributed by atoms with E-state index in [1.807, 2.05) is 20.8 Å². The van der Waals surface area contributed by atoms with Gasteiger partial charge >= 0.3 is 5.97 Å². The molecule has 162 valence electrons. The summed E-state index contributed by atoms with van der Waals surface area (Å²) in [4.78, 5) is 40.3. The van der Waals surface area contributed by atoms with Crippen molar-refractivity contribution in [3.05, 3.63) is 0 Å². The summed E-state index contributed by atoms with van der Waals surface area (Å²) in [6, 6.07) is 0. The first-order chi connectivity index (χ1) is 13.1. The number of carbonyl (C=O) groups excluding carboxylic acids is 3. The molecule has 5 aliphatic carbocycles. The van der Waals surface area contributed by atoms with Gasteiger partial charge in [-0.2, -0.15) is 0 Å². The Labute approximate surface area is 174 Å². The largest absolute Gasteiger partial charge is 0.446 e. The summed E-state index contributed by atoms with van der Waals surface area (Å²) in [6.07, 6.45) is 6.34. The van der Waals surface area contributed by atoms with Gasteiger partial charge in [-0.25, -0.2) is 0 Å². The lowest BCUT2D eigenvalue weighted by molar-refractivity contribution is -0.246. The summed E-state index contributed by atoms with van der Waals surface area (Å²) in [5.41, 5.74) is -4.53. The summed E-state index contributed by atoms with van der Waals surface area (Å²) in [5, 5.41) is 3.00. The molecule has 29 heavy (non-hydrogen) atoms. The number of carbonyl (C=O) groups is 3. The zero-order chi connectivity index (χ0) is 21.6. The SMILES string of the molecule is CC(C)(C)NC(=O)C1(OC(=O)C23CC4CC(CC(C4)C2)C3)C(C)(C)C(=O)C1(C)C. The van der Waals surface area contributed by atoms with E-state index in [-0.39, 0.29) is 17.7 Å². The van der Waals surface area contributed by atoms with E-state index in [0.717, 1.165) is 19.3 Å². The molecular weight excluding hydrogens is 366 g/mol. The quantitative estimate of drug-likeness (QED) is 0.722. The molecule has 5 aliphatic rings. The van der Waals surface area contributed by atoms with E-state index in [1.54, 1.807) is 27.7 Å². The molecule has 5 heteroatoms. The van der Waals surface area contributed by atoms with Crippen molar-refractivity contribution >= 4 is 17.7 Å². The summed E-state index contributed by atoms with van der Waals surface area (Å²) in [7, 11) is 0. The molecule has 0 heterocycles. The summed E-state index contributed by atoms with van der Waals surface area (Å²) >= 11 is 0. The smallest absolute Gasteiger partial charge is 0.313 e. The van der Waals surface area contributed by atoms with Crippen LogP contribution in [0.1, 0.15) is 87.0 Å². The molecule has 0 atom stereocenters. The highest BCUT2D eigenvalue weighted by Gasteiger charge is 2.80. The van der Waals surface area contributed by atoms with Gasteiger partial charge in [-0.3, -0.25) is 14.4 Å². The summed E-state index contributed by atoms with van der Waals surface area (Å²) in [6.45, 7) is 12.7. The number of Topliss-reactive ketones (excluding diaryl/α,β-unsaturated/α-hetero) is 1. The maximum Gasteiger partial charge on any atom is 0.313 e. The molecule has 0 radical (unpaired) electrons. The minimum absolute atomic E-state index is 0.0348. The highest BCUT2D eigenvalue weighted by Crippen LogP contribution is 2.64. The van der Waals surface area contributed by atoms with Crippen molar-refractivity contribution in [3.63, 3.8) is 0 Å². The highest BCUT2D eigenvalue weighted by atomic mass is 16.6. The highest BCUT2D eigenvalue weighted by molar-refractivity contribution is 6.11. The molecule has 0 spiro atoms. The predicted molar refractivity (Wildman–Crippen MR) is 110 cm³/mol. The van der Waals surface area contributed by atoms with Crippen LogP contribution < -0.4 is 5.32 Å². The minimum atomic E-state index is -1.48. The van der Waals surface area contributed by atoms with Crippen LogP contribution in [-0.2, 0) is 19.1 Å². The summed E-state index contributed by atoms with van der Waals surface area (Å²) in [5.74, 6) is 1.20. The Balaban J connectivity index is 1.69. The second-order valence-electron chi connectivity index (χ2n) is 12.6. The monoisotopic (exact) mass is 403 g/mol. The van der Waals surface area contributed by atoms with E-state index >= 15 is 0 Å². The maximum absolute atomic E-state index is 13.7. The Morgan fingerprint density at radius 3 is 1.69 bits per heavy atom. The van der Waals surface area contributed by atoms with E-state index in [4.69, 9.17) is 4.74 Å². The molecule has 5 nitrogen and oxygen atoms in total. The molecule has 0 aromatic carbocycles. The van der Waals surface area contributed by atoms with E-state index in [2.05, 4.69) is 5.32 Å². The van der Waals surface area contributed by atoms with Gasteiger partial charge in [0.05, 0.1) is 16.2 Å². The molecule has 1 N–H and O–H groups in total. The van der Waals surface area contributed by atoms with Crippen LogP contribution >= 0.6 is 0 Å². The van der Waals surface area contributed by atoms with Crippen LogP contribution in [0.2, 0.25) is 0 Å². The van der Waals surface area contributed by atoms with Crippen LogP contribution in [0.4, 0.5) is 0 Å². The fourth-order valence-electron chi connectivity index (χ4n) is 7.73. The molecule has 5 fully saturated rings. The van der Waals surface area contributed by atoms with Gasteiger partial charge in [-0.1, -0.05) is 0 Å². The number of hydrogen-bond donors (Lipinski definition) is 1. The number of hydrogen-bond acceptors (Lipinski definition) is 4. The Bertz CT molecular complexity index is 717. The molecule has 0 aromatic rings. The predicted octanol–water partition coefficient (Wildman–Crippen LogP) is 4.03. The van der Waals surface area contributed by atoms with Crippen molar-refractivity contribution in [1.82, 2.24) is 5.32 Å². The zero-order valence-electron chi connectivity index (χ0n) is 19.1. The number of esters is 1. The van der Waals surface area contributed by atoms with Gasteiger partial charge in [-0.15, -0.1) is 0 Å². The van der Waals surface area contributed by atoms with Gasteiger partial charge in [0, 0.05) is 5.54 Å². The van der Waals surface area contributed by atoms with Crippen LogP contribution in [0.25, 0.3) is 0 Å². The lowest BCUT2D eigenvalue weighted by Crippen LogP contribution is -2.81. The number of nitrogens with one attached hydrogen (secondary N) is 1. The molecule has 0 unspecified atom stereocenters. The van der Waals surface area contributed by atoms with E-state index in [9.17, 15) is 14.4 Å². The van der Waals surface area contributed by atoms with Crippen molar-refractivity contribution in [3.8, 4) is 0 Å². The van der Waals surface area contributed by atoms with E-state index < -0.39 is 27.4 Å². The molecule has 0 aliphatic heterocycles. The van der Waals surface area contributed by atoms with Gasteiger partial charge in [0.15, 0.2) is 5.78 Å². The first kappa shape index (κ1) is 20.9. The van der Waals surface area contributed by atoms with Crippen molar-refractivity contribution < 1.29 is 19.1 Å². The third kappa shape index (κ3) is 2.68. The first-order valence-electron chi connectivity index (χ1n) is 11.3. The molecular formula is C24H37NO4. The maximum atomic E-state index is 13.7. The Morgan fingerprint density at radius 1 is 0.897 bits per heavy atom. The average molecular weight is 404 g/mol. The first-order valence-corrected chi connectivity index (χ1v) is 11.3. The lowest BCUT2D eigenvalue weighted by Gasteiger charge is -2.63. The zero-order valence-corrected chi connectivity index (χ0v) is 19.1. The Hall–Kier alpha value is -1.39. The second-order valence-corrected chi connectivity index (χ2v) is 12.6. The van der Waals surface area contributed by atoms with Crippen molar-refractivity contribution in [1.29, 1.82) is 0 Å². The summed E-state index contributed by atoms with van der Waals surface area (Å²) < 4.78 is 6.30. The number of rotatable bonds is 3. The molecule has 5 saturated carbocycles. The Morgan fingerprint density at radius 2 is 1.31 bits per heavy atom. The number of ketones is 1. The lowest BCUT2D eigenvalue weighted by atomic mass is 9.43. The van der Waals surface area contributed by atoms with E-state index in [0.29, 0.717) is 17.8 Å². The fourth-order valence-corrected chi connectivity index (χ4v) is 7.73. The molecule has 1 amide bonds. The standard InChI is InChI=1S/C24H37NO4/c1-20(2,3)25-18(27)24(21(4,5)17(26)22(24,6)7)29-19(28)23-11-14-8-15(12-23)10-16(9-14)13-23/h14-16H,8-13H2,1-7H3,(H,25,27). The van der Waals surface area contributed by atoms with Crippen molar-refractivity contribution in [2.24, 2.45) is 34.0 Å². The average Bonchev–Trinajstić information content (AvgIpc) is 2.55. The van der Waals surface area contributed by atoms with E-state index in [1.165, 1.54) is 19.3 Å². The van der Waals surface area contributed by atoms with Crippen LogP contribution in [0.5, 0.6) is 0 Å². The number of ether oxygens (including phenoxy) is 1. The molecule has 0 aromatic heterocycles. The van der Waals surface area contributed by atoms with Crippen LogP contribution in [0.15, 0.2) is 0 Å². The van der Waals surface area contributed by atoms with Crippen LogP contribution in [-0.4, -0.2) is 28.8 Å².